The van der Waals surface area contributed by atoms with E-state index in [1.54, 1.807) is 0 Å². The van der Waals surface area contributed by atoms with Crippen LogP contribution in [0.15, 0.2) is 29.0 Å². The van der Waals surface area contributed by atoms with Crippen molar-refractivity contribution in [2.75, 3.05) is 18.0 Å². The summed E-state index contributed by atoms with van der Waals surface area (Å²) in [6.07, 6.45) is 2.08. The number of aryl methyl sites for hydroxylation is 1. The largest absolute Gasteiger partial charge is 0.355 e. The van der Waals surface area contributed by atoms with Gasteiger partial charge in [-0.1, -0.05) is 11.2 Å². The van der Waals surface area contributed by atoms with Gasteiger partial charge in [0.05, 0.1) is 5.69 Å². The molecule has 0 spiro atoms. The Balaban J connectivity index is 1.69. The van der Waals surface area contributed by atoms with Gasteiger partial charge in [0.2, 0.25) is 0 Å². The molecule has 0 N–H and O–H groups in total. The molecule has 0 amide bonds. The van der Waals surface area contributed by atoms with Gasteiger partial charge < -0.3 is 9.42 Å². The minimum Gasteiger partial charge on any atom is -0.355 e. The molecule has 1 aliphatic heterocycles. The van der Waals surface area contributed by atoms with Gasteiger partial charge in [-0.05, 0) is 25.5 Å². The van der Waals surface area contributed by atoms with Crippen molar-refractivity contribution in [3.8, 4) is 0 Å². The predicted octanol–water partition coefficient (Wildman–Crippen LogP) is 3.20. The highest BCUT2D eigenvalue weighted by Gasteiger charge is 2.30. The molecule has 0 aliphatic carbocycles. The molecular formula is C16H14F2N4O. The van der Waals surface area contributed by atoms with Gasteiger partial charge in [0.15, 0.2) is 0 Å². The highest BCUT2D eigenvalue weighted by molar-refractivity contribution is 5.88. The van der Waals surface area contributed by atoms with Crippen LogP contribution in [0.25, 0.3) is 11.1 Å². The highest BCUT2D eigenvalue weighted by atomic mass is 19.1. The fraction of sp³-hybridized carbons (Fsp3) is 0.312. The molecule has 1 aliphatic rings. The van der Waals surface area contributed by atoms with E-state index >= 15 is 0 Å². The lowest BCUT2D eigenvalue weighted by atomic mass is 9.97. The number of benzene rings is 1. The van der Waals surface area contributed by atoms with Crippen molar-refractivity contribution >= 4 is 16.9 Å². The van der Waals surface area contributed by atoms with Crippen molar-refractivity contribution in [3.05, 3.63) is 47.4 Å². The number of halogens is 2. The molecule has 2 aromatic heterocycles. The van der Waals surface area contributed by atoms with Gasteiger partial charge in [-0.3, -0.25) is 0 Å². The molecule has 4 rings (SSSR count). The van der Waals surface area contributed by atoms with Crippen molar-refractivity contribution in [1.82, 2.24) is 15.1 Å². The summed E-state index contributed by atoms with van der Waals surface area (Å²) in [6, 6.07) is 3.98. The van der Waals surface area contributed by atoms with Crippen LogP contribution in [0.3, 0.4) is 0 Å². The van der Waals surface area contributed by atoms with E-state index in [0.29, 0.717) is 36.7 Å². The second kappa shape index (κ2) is 5.26. The van der Waals surface area contributed by atoms with Crippen molar-refractivity contribution < 1.29 is 13.3 Å². The van der Waals surface area contributed by atoms with Crippen LogP contribution in [0.2, 0.25) is 0 Å². The van der Waals surface area contributed by atoms with Crippen LogP contribution in [0.4, 0.5) is 14.6 Å². The number of hydrogen-bond donors (Lipinski definition) is 0. The van der Waals surface area contributed by atoms with Crippen molar-refractivity contribution in [1.29, 1.82) is 0 Å². The Morgan fingerprint density at radius 2 is 2.00 bits per heavy atom. The third kappa shape index (κ3) is 2.23. The van der Waals surface area contributed by atoms with Gasteiger partial charge in [0.1, 0.15) is 29.2 Å². The maximum absolute atomic E-state index is 14.0. The summed E-state index contributed by atoms with van der Waals surface area (Å²) in [5, 5.41) is 4.66. The summed E-state index contributed by atoms with van der Waals surface area (Å²) < 4.78 is 33.1. The first-order chi connectivity index (χ1) is 11.1. The molecule has 3 aromatic rings. The first-order valence-corrected chi connectivity index (χ1v) is 7.41. The van der Waals surface area contributed by atoms with E-state index in [-0.39, 0.29) is 11.5 Å². The lowest BCUT2D eigenvalue weighted by Gasteiger charge is -2.18. The van der Waals surface area contributed by atoms with E-state index in [1.165, 1.54) is 24.5 Å². The number of rotatable bonds is 2. The quantitative estimate of drug-likeness (QED) is 0.727. The number of hydrogen-bond acceptors (Lipinski definition) is 5. The first kappa shape index (κ1) is 14.0. The molecule has 1 saturated heterocycles. The van der Waals surface area contributed by atoms with Gasteiger partial charge in [0, 0.05) is 24.6 Å². The number of nitrogens with zero attached hydrogens (tertiary/aromatic N) is 4. The molecule has 3 heterocycles. The average molecular weight is 316 g/mol. The lowest BCUT2D eigenvalue weighted by molar-refractivity contribution is 0.442. The number of aromatic nitrogens is 3. The molecule has 0 bridgehead atoms. The zero-order valence-corrected chi connectivity index (χ0v) is 12.5. The lowest BCUT2D eigenvalue weighted by Crippen LogP contribution is -2.21. The van der Waals surface area contributed by atoms with Gasteiger partial charge in [-0.2, -0.15) is 4.98 Å². The summed E-state index contributed by atoms with van der Waals surface area (Å²) in [7, 11) is 0. The molecule has 23 heavy (non-hydrogen) atoms. The van der Waals surface area contributed by atoms with E-state index < -0.39 is 11.6 Å². The summed E-state index contributed by atoms with van der Waals surface area (Å²) in [5.41, 5.74) is 1.28. The predicted molar refractivity (Wildman–Crippen MR) is 80.3 cm³/mol. The maximum Gasteiger partial charge on any atom is 0.263 e. The molecule has 1 fully saturated rings. The summed E-state index contributed by atoms with van der Waals surface area (Å²) >= 11 is 0. The minimum absolute atomic E-state index is 0.155. The second-order valence-electron chi connectivity index (χ2n) is 5.71. The Morgan fingerprint density at radius 1 is 1.22 bits per heavy atom. The van der Waals surface area contributed by atoms with Crippen LogP contribution in [0, 0.1) is 18.6 Å². The Hall–Kier alpha value is -2.57. The smallest absolute Gasteiger partial charge is 0.263 e. The minimum atomic E-state index is -0.495. The van der Waals surface area contributed by atoms with Gasteiger partial charge in [-0.25, -0.2) is 13.8 Å². The van der Waals surface area contributed by atoms with Crippen LogP contribution < -0.4 is 4.90 Å². The Labute approximate surface area is 130 Å². The standard InChI is InChI=1S/C16H14F2N4O/c1-9-13-15(19-8-20-16(13)23-21-9)22-6-5-10(7-22)14-11(17)3-2-4-12(14)18/h2-4,8,10H,5-7H2,1H3. The zero-order valence-electron chi connectivity index (χ0n) is 12.5. The summed E-state index contributed by atoms with van der Waals surface area (Å²) in [4.78, 5) is 10.4. The molecule has 0 saturated carbocycles. The Bertz CT molecular complexity index is 859. The number of fused-ring (bicyclic) bond motifs is 1. The average Bonchev–Trinajstić information content (AvgIpc) is 3.15. The van der Waals surface area contributed by atoms with Crippen LogP contribution in [0.5, 0.6) is 0 Å². The van der Waals surface area contributed by atoms with E-state index in [4.69, 9.17) is 4.52 Å². The summed E-state index contributed by atoms with van der Waals surface area (Å²) in [6.45, 7) is 2.98. The molecule has 0 radical (unpaired) electrons. The molecule has 5 nitrogen and oxygen atoms in total. The van der Waals surface area contributed by atoms with Crippen molar-refractivity contribution in [3.63, 3.8) is 0 Å². The molecule has 1 aromatic carbocycles. The maximum atomic E-state index is 14.0. The topological polar surface area (TPSA) is 55.1 Å². The first-order valence-electron chi connectivity index (χ1n) is 7.41. The molecule has 118 valence electrons. The van der Waals surface area contributed by atoms with E-state index in [2.05, 4.69) is 15.1 Å². The fourth-order valence-electron chi connectivity index (χ4n) is 3.23. The second-order valence-corrected chi connectivity index (χ2v) is 5.71. The van der Waals surface area contributed by atoms with Crippen LogP contribution >= 0.6 is 0 Å². The molecule has 1 unspecified atom stereocenters. The SMILES string of the molecule is Cc1noc2ncnc(N3CCC(c4c(F)cccc4F)C3)c12. The van der Waals surface area contributed by atoms with E-state index in [0.717, 1.165) is 5.39 Å². The van der Waals surface area contributed by atoms with Crippen LogP contribution in [-0.4, -0.2) is 28.2 Å². The van der Waals surface area contributed by atoms with E-state index in [9.17, 15) is 8.78 Å². The third-order valence-corrected chi connectivity index (χ3v) is 4.32. The van der Waals surface area contributed by atoms with Gasteiger partial charge in [-0.15, -0.1) is 0 Å². The normalized spacial score (nSPS) is 18.0. The Morgan fingerprint density at radius 3 is 2.78 bits per heavy atom. The summed E-state index contributed by atoms with van der Waals surface area (Å²) in [5.74, 6) is -0.494. The van der Waals surface area contributed by atoms with Crippen LogP contribution in [0.1, 0.15) is 23.6 Å². The molecular weight excluding hydrogens is 302 g/mol. The molecule has 1 atom stereocenters. The van der Waals surface area contributed by atoms with E-state index in [1.807, 2.05) is 11.8 Å². The van der Waals surface area contributed by atoms with Crippen LogP contribution in [-0.2, 0) is 0 Å². The third-order valence-electron chi connectivity index (χ3n) is 4.32. The number of anilines is 1. The molecule has 7 heteroatoms. The fourth-order valence-corrected chi connectivity index (χ4v) is 3.23. The zero-order chi connectivity index (χ0) is 16.0. The van der Waals surface area contributed by atoms with Gasteiger partial charge in [0.25, 0.3) is 5.71 Å². The Kier molecular flexibility index (Phi) is 3.21. The van der Waals surface area contributed by atoms with Crippen molar-refractivity contribution in [2.24, 2.45) is 0 Å². The highest BCUT2D eigenvalue weighted by Crippen LogP contribution is 2.35. The monoisotopic (exact) mass is 316 g/mol. The van der Waals surface area contributed by atoms with Crippen molar-refractivity contribution in [2.45, 2.75) is 19.3 Å². The van der Waals surface area contributed by atoms with Gasteiger partial charge >= 0.3 is 0 Å².